The first-order valence-corrected chi connectivity index (χ1v) is 17.8. The van der Waals surface area contributed by atoms with Gasteiger partial charge in [-0.05, 0) is 68.4 Å². The van der Waals surface area contributed by atoms with E-state index >= 15 is 0 Å². The summed E-state index contributed by atoms with van der Waals surface area (Å²) < 4.78 is 6.50. The van der Waals surface area contributed by atoms with Crippen molar-refractivity contribution in [1.29, 1.82) is 0 Å². The lowest BCUT2D eigenvalue weighted by Gasteiger charge is -2.11. The van der Waals surface area contributed by atoms with E-state index in [0.29, 0.717) is 17.5 Å². The van der Waals surface area contributed by atoms with Crippen molar-refractivity contribution in [3.63, 3.8) is 0 Å². The van der Waals surface area contributed by atoms with Crippen LogP contribution in [0.4, 0.5) is 0 Å². The van der Waals surface area contributed by atoms with Crippen LogP contribution in [0, 0.1) is 0 Å². The van der Waals surface area contributed by atoms with Crippen LogP contribution in [0.3, 0.4) is 0 Å². The van der Waals surface area contributed by atoms with Gasteiger partial charge in [-0.3, -0.25) is 0 Å². The van der Waals surface area contributed by atoms with Gasteiger partial charge in [-0.1, -0.05) is 164 Å². The molecule has 10 aromatic rings. The summed E-state index contributed by atoms with van der Waals surface area (Å²) in [5.41, 5.74) is 11.2. The second kappa shape index (κ2) is 12.9. The first kappa shape index (κ1) is 30.6. The fourth-order valence-electron chi connectivity index (χ4n) is 7.21. The summed E-state index contributed by atoms with van der Waals surface area (Å²) in [6.45, 7) is 0. The Hall–Kier alpha value is -7.17. The van der Waals surface area contributed by atoms with E-state index in [1.165, 1.54) is 27.5 Å². The highest BCUT2D eigenvalue weighted by Crippen LogP contribution is 2.40. The fourth-order valence-corrected chi connectivity index (χ4v) is 7.21. The number of hydrogen-bond donors (Lipinski definition) is 0. The highest BCUT2D eigenvalue weighted by atomic mass is 16.3. The number of nitrogens with zero attached hydrogens (tertiary/aromatic N) is 3. The summed E-state index contributed by atoms with van der Waals surface area (Å²) in [7, 11) is 0. The average molecular weight is 678 g/mol. The largest absolute Gasteiger partial charge is 0.456 e. The van der Waals surface area contributed by atoms with Gasteiger partial charge in [-0.25, -0.2) is 15.0 Å². The SMILES string of the molecule is c1ccc(-c2nc(-c3ccccc3)nc(-c3cc(-c4ccc(-c5ccc(-c6ccc7ccccc7c6)cc5)cc4)cc4oc5ccccc5c34)n2)cc1. The molecule has 4 nitrogen and oxygen atoms in total. The van der Waals surface area contributed by atoms with Crippen LogP contribution in [0.25, 0.3) is 100 Å². The number of benzene rings is 8. The van der Waals surface area contributed by atoms with Crippen LogP contribution in [0.5, 0.6) is 0 Å². The van der Waals surface area contributed by atoms with E-state index in [1.807, 2.05) is 78.9 Å². The summed E-state index contributed by atoms with van der Waals surface area (Å²) in [5, 5.41) is 4.50. The van der Waals surface area contributed by atoms with Crippen LogP contribution in [0.2, 0.25) is 0 Å². The molecule has 0 unspecified atom stereocenters. The molecule has 8 aromatic carbocycles. The lowest BCUT2D eigenvalue weighted by Crippen LogP contribution is -2.00. The van der Waals surface area contributed by atoms with E-state index in [0.717, 1.165) is 55.3 Å². The molecule has 248 valence electrons. The van der Waals surface area contributed by atoms with E-state index in [-0.39, 0.29) is 0 Å². The smallest absolute Gasteiger partial charge is 0.164 e. The van der Waals surface area contributed by atoms with E-state index in [4.69, 9.17) is 19.4 Å². The van der Waals surface area contributed by atoms with E-state index in [1.54, 1.807) is 0 Å². The van der Waals surface area contributed by atoms with Gasteiger partial charge in [0.2, 0.25) is 0 Å². The molecule has 2 aromatic heterocycles. The van der Waals surface area contributed by atoms with Gasteiger partial charge >= 0.3 is 0 Å². The van der Waals surface area contributed by atoms with E-state index in [2.05, 4.69) is 109 Å². The molecule has 0 aliphatic heterocycles. The predicted octanol–water partition coefficient (Wildman–Crippen LogP) is 12.9. The van der Waals surface area contributed by atoms with Gasteiger partial charge in [0.15, 0.2) is 17.5 Å². The lowest BCUT2D eigenvalue weighted by molar-refractivity contribution is 0.669. The summed E-state index contributed by atoms with van der Waals surface area (Å²) in [6, 6.07) is 65.3. The molecular formula is C49H31N3O. The van der Waals surface area contributed by atoms with Crippen molar-refractivity contribution < 1.29 is 4.42 Å². The molecule has 4 heteroatoms. The summed E-state index contributed by atoms with van der Waals surface area (Å²) in [5.74, 6) is 1.84. The van der Waals surface area contributed by atoms with Crippen LogP contribution < -0.4 is 0 Å². The quantitative estimate of drug-likeness (QED) is 0.176. The number of aromatic nitrogens is 3. The van der Waals surface area contributed by atoms with Crippen LogP contribution in [-0.2, 0) is 0 Å². The first-order valence-electron chi connectivity index (χ1n) is 17.8. The van der Waals surface area contributed by atoms with Gasteiger partial charge in [0, 0.05) is 27.5 Å². The standard InChI is InChI=1S/C49H31N3O/c1-3-12-37(13-4-1)47-50-48(38-14-5-2-6-15-38)52-49(51-47)43-30-41(31-45-46(43)42-17-9-10-18-44(42)53-45)36-25-21-34(22-26-36)33-19-23-35(24-20-33)40-28-27-32-11-7-8-16-39(32)29-40/h1-31H. The Labute approximate surface area is 306 Å². The van der Waals surface area contributed by atoms with Crippen molar-refractivity contribution in [1.82, 2.24) is 15.0 Å². The number of para-hydroxylation sites is 1. The Bertz CT molecular complexity index is 2860. The van der Waals surface area contributed by atoms with Crippen LogP contribution in [0.1, 0.15) is 0 Å². The third-order valence-corrected chi connectivity index (χ3v) is 9.94. The molecule has 0 amide bonds. The van der Waals surface area contributed by atoms with Gasteiger partial charge in [0.25, 0.3) is 0 Å². The molecule has 0 N–H and O–H groups in total. The number of furan rings is 1. The molecular weight excluding hydrogens is 647 g/mol. The third kappa shape index (κ3) is 5.73. The summed E-state index contributed by atoms with van der Waals surface area (Å²) >= 11 is 0. The van der Waals surface area contributed by atoms with Crippen molar-refractivity contribution in [2.24, 2.45) is 0 Å². The molecule has 0 saturated carbocycles. The maximum absolute atomic E-state index is 6.50. The van der Waals surface area contributed by atoms with Crippen LogP contribution in [0.15, 0.2) is 192 Å². The van der Waals surface area contributed by atoms with E-state index < -0.39 is 0 Å². The topological polar surface area (TPSA) is 51.8 Å². The highest BCUT2D eigenvalue weighted by molar-refractivity contribution is 6.13. The Morgan fingerprint density at radius 3 is 1.43 bits per heavy atom. The highest BCUT2D eigenvalue weighted by Gasteiger charge is 2.19. The molecule has 0 aliphatic carbocycles. The monoisotopic (exact) mass is 677 g/mol. The second-order valence-corrected chi connectivity index (χ2v) is 13.3. The molecule has 0 spiro atoms. The zero-order valence-electron chi connectivity index (χ0n) is 28.6. The van der Waals surface area contributed by atoms with Gasteiger partial charge in [-0.2, -0.15) is 0 Å². The summed E-state index contributed by atoms with van der Waals surface area (Å²) in [6.07, 6.45) is 0. The number of rotatable bonds is 6. The maximum atomic E-state index is 6.50. The minimum Gasteiger partial charge on any atom is -0.456 e. The second-order valence-electron chi connectivity index (χ2n) is 13.3. The van der Waals surface area contributed by atoms with Crippen molar-refractivity contribution in [3.05, 3.63) is 188 Å². The van der Waals surface area contributed by atoms with Gasteiger partial charge < -0.3 is 4.42 Å². The lowest BCUT2D eigenvalue weighted by atomic mass is 9.95. The summed E-state index contributed by atoms with van der Waals surface area (Å²) in [4.78, 5) is 15.1. The minimum absolute atomic E-state index is 0.597. The predicted molar refractivity (Wildman–Crippen MR) is 217 cm³/mol. The number of fused-ring (bicyclic) bond motifs is 4. The van der Waals surface area contributed by atoms with Gasteiger partial charge in [0.1, 0.15) is 11.2 Å². The van der Waals surface area contributed by atoms with Gasteiger partial charge in [0.05, 0.1) is 0 Å². The molecule has 2 heterocycles. The molecule has 0 radical (unpaired) electrons. The Morgan fingerprint density at radius 2 is 0.792 bits per heavy atom. The molecule has 0 fully saturated rings. The Morgan fingerprint density at radius 1 is 0.302 bits per heavy atom. The third-order valence-electron chi connectivity index (χ3n) is 9.94. The van der Waals surface area contributed by atoms with Crippen molar-refractivity contribution in [3.8, 4) is 67.5 Å². The normalized spacial score (nSPS) is 11.4. The molecule has 0 aliphatic rings. The maximum Gasteiger partial charge on any atom is 0.164 e. The fraction of sp³-hybridized carbons (Fsp3) is 0. The Balaban J connectivity index is 1.06. The molecule has 0 bridgehead atoms. The number of hydrogen-bond acceptors (Lipinski definition) is 4. The minimum atomic E-state index is 0.597. The molecule has 0 atom stereocenters. The molecule has 10 rings (SSSR count). The zero-order valence-corrected chi connectivity index (χ0v) is 28.6. The van der Waals surface area contributed by atoms with Crippen molar-refractivity contribution in [2.75, 3.05) is 0 Å². The Kier molecular flexibility index (Phi) is 7.43. The van der Waals surface area contributed by atoms with Crippen molar-refractivity contribution in [2.45, 2.75) is 0 Å². The van der Waals surface area contributed by atoms with Crippen LogP contribution >= 0.6 is 0 Å². The first-order chi connectivity index (χ1) is 26.2. The molecule has 53 heavy (non-hydrogen) atoms. The zero-order chi connectivity index (χ0) is 35.1. The van der Waals surface area contributed by atoms with Crippen molar-refractivity contribution >= 4 is 32.7 Å². The molecule has 0 saturated heterocycles. The van der Waals surface area contributed by atoms with Crippen LogP contribution in [-0.4, -0.2) is 15.0 Å². The average Bonchev–Trinajstić information content (AvgIpc) is 3.62. The van der Waals surface area contributed by atoms with E-state index in [9.17, 15) is 0 Å². The van der Waals surface area contributed by atoms with Gasteiger partial charge in [-0.15, -0.1) is 0 Å².